The summed E-state index contributed by atoms with van der Waals surface area (Å²) >= 11 is 0. The fourth-order valence-electron chi connectivity index (χ4n) is 1.65. The highest BCUT2D eigenvalue weighted by Gasteiger charge is 2.19. The Morgan fingerprint density at radius 1 is 1.29 bits per heavy atom. The highest BCUT2D eigenvalue weighted by molar-refractivity contribution is 5.15. The zero-order valence-corrected chi connectivity index (χ0v) is 8.48. The van der Waals surface area contributed by atoms with Crippen LogP contribution in [0.15, 0.2) is 30.3 Å². The molecule has 2 rings (SSSR count). The lowest BCUT2D eigenvalue weighted by Gasteiger charge is -2.28. The van der Waals surface area contributed by atoms with Crippen LogP contribution in [0.3, 0.4) is 0 Å². The van der Waals surface area contributed by atoms with Gasteiger partial charge in [0.25, 0.3) is 0 Å². The van der Waals surface area contributed by atoms with E-state index in [0.29, 0.717) is 6.10 Å². The van der Waals surface area contributed by atoms with Crippen molar-refractivity contribution in [2.75, 3.05) is 6.61 Å². The number of ether oxygens (including phenoxy) is 2. The van der Waals surface area contributed by atoms with Gasteiger partial charge in [0, 0.05) is 6.42 Å². The van der Waals surface area contributed by atoms with Gasteiger partial charge in [-0.3, -0.25) is 0 Å². The maximum atomic E-state index is 5.67. The molecule has 1 aromatic rings. The Bertz CT molecular complexity index is 271. The molecule has 14 heavy (non-hydrogen) atoms. The van der Waals surface area contributed by atoms with E-state index in [9.17, 15) is 0 Å². The number of hydrogen-bond acceptors (Lipinski definition) is 2. The molecule has 2 heteroatoms. The van der Waals surface area contributed by atoms with Crippen LogP contribution in [0.4, 0.5) is 0 Å². The Balaban J connectivity index is 1.91. The normalized spacial score (nSPS) is 27.5. The predicted molar refractivity (Wildman–Crippen MR) is 55.1 cm³/mol. The molecule has 0 aliphatic carbocycles. The Hall–Kier alpha value is -0.860. The van der Waals surface area contributed by atoms with Crippen molar-refractivity contribution in [1.29, 1.82) is 0 Å². The molecule has 2 nitrogen and oxygen atoms in total. The summed E-state index contributed by atoms with van der Waals surface area (Å²) in [7, 11) is 0. The summed E-state index contributed by atoms with van der Waals surface area (Å²) in [5.41, 5.74) is 1.27. The van der Waals surface area contributed by atoms with Crippen molar-refractivity contribution in [1.82, 2.24) is 0 Å². The molecule has 76 valence electrons. The van der Waals surface area contributed by atoms with Crippen LogP contribution >= 0.6 is 0 Å². The summed E-state index contributed by atoms with van der Waals surface area (Å²) in [4.78, 5) is 0. The highest BCUT2D eigenvalue weighted by Crippen LogP contribution is 2.15. The molecule has 0 radical (unpaired) electrons. The molecule has 0 bridgehead atoms. The zero-order chi connectivity index (χ0) is 9.80. The topological polar surface area (TPSA) is 18.5 Å². The van der Waals surface area contributed by atoms with Crippen molar-refractivity contribution >= 4 is 0 Å². The van der Waals surface area contributed by atoms with E-state index in [1.54, 1.807) is 0 Å². The van der Waals surface area contributed by atoms with Gasteiger partial charge in [-0.25, -0.2) is 0 Å². The Morgan fingerprint density at radius 2 is 2.07 bits per heavy atom. The van der Waals surface area contributed by atoms with Crippen LogP contribution in [0.5, 0.6) is 0 Å². The van der Waals surface area contributed by atoms with E-state index in [4.69, 9.17) is 9.47 Å². The maximum absolute atomic E-state index is 5.67. The minimum Gasteiger partial charge on any atom is -0.352 e. The minimum absolute atomic E-state index is 0.0545. The molecule has 0 aromatic heterocycles. The fourth-order valence-corrected chi connectivity index (χ4v) is 1.65. The zero-order valence-electron chi connectivity index (χ0n) is 8.48. The molecule has 1 aliphatic rings. The largest absolute Gasteiger partial charge is 0.352 e. The first-order chi connectivity index (χ1) is 6.84. The second-order valence-electron chi connectivity index (χ2n) is 3.73. The van der Waals surface area contributed by atoms with Crippen molar-refractivity contribution in [3.63, 3.8) is 0 Å². The molecule has 0 saturated carbocycles. The van der Waals surface area contributed by atoms with E-state index < -0.39 is 0 Å². The summed E-state index contributed by atoms with van der Waals surface area (Å²) in [6.07, 6.45) is 2.13. The van der Waals surface area contributed by atoms with Gasteiger partial charge in [-0.05, 0) is 18.9 Å². The van der Waals surface area contributed by atoms with Crippen LogP contribution in [0.1, 0.15) is 18.9 Å². The van der Waals surface area contributed by atoms with E-state index in [-0.39, 0.29) is 6.29 Å². The van der Waals surface area contributed by atoms with Gasteiger partial charge >= 0.3 is 0 Å². The molecule has 0 spiro atoms. The second-order valence-corrected chi connectivity index (χ2v) is 3.73. The summed E-state index contributed by atoms with van der Waals surface area (Å²) in [5, 5.41) is 0. The van der Waals surface area contributed by atoms with Gasteiger partial charge in [0.1, 0.15) is 0 Å². The van der Waals surface area contributed by atoms with Gasteiger partial charge in [-0.15, -0.1) is 0 Å². The molecule has 1 saturated heterocycles. The van der Waals surface area contributed by atoms with E-state index in [1.807, 2.05) is 18.2 Å². The van der Waals surface area contributed by atoms with Crippen LogP contribution in [0, 0.1) is 0 Å². The molecule has 0 unspecified atom stereocenters. The monoisotopic (exact) mass is 192 g/mol. The van der Waals surface area contributed by atoms with E-state index >= 15 is 0 Å². The van der Waals surface area contributed by atoms with E-state index in [1.165, 1.54) is 5.56 Å². The fraction of sp³-hybridized carbons (Fsp3) is 0.500. The van der Waals surface area contributed by atoms with E-state index in [2.05, 4.69) is 19.1 Å². The van der Waals surface area contributed by atoms with Gasteiger partial charge in [-0.2, -0.15) is 0 Å². The van der Waals surface area contributed by atoms with Crippen molar-refractivity contribution < 1.29 is 9.47 Å². The van der Waals surface area contributed by atoms with Gasteiger partial charge in [0.15, 0.2) is 6.29 Å². The Labute approximate surface area is 84.8 Å². The van der Waals surface area contributed by atoms with Crippen molar-refractivity contribution in [2.45, 2.75) is 32.2 Å². The van der Waals surface area contributed by atoms with Crippen molar-refractivity contribution in [3.05, 3.63) is 35.9 Å². The molecule has 1 heterocycles. The molecular formula is C12H16O2. The lowest BCUT2D eigenvalue weighted by Crippen LogP contribution is -2.31. The van der Waals surface area contributed by atoms with Crippen LogP contribution in [0.25, 0.3) is 0 Å². The highest BCUT2D eigenvalue weighted by atomic mass is 16.7. The third kappa shape index (κ3) is 2.56. The average molecular weight is 192 g/mol. The molecule has 2 atom stereocenters. The third-order valence-corrected chi connectivity index (χ3v) is 2.46. The van der Waals surface area contributed by atoms with Crippen molar-refractivity contribution in [3.8, 4) is 0 Å². The summed E-state index contributed by atoms with van der Waals surface area (Å²) < 4.78 is 11.2. The van der Waals surface area contributed by atoms with Crippen molar-refractivity contribution in [2.24, 2.45) is 0 Å². The average Bonchev–Trinajstić information content (AvgIpc) is 2.19. The predicted octanol–water partition coefficient (Wildman–Crippen LogP) is 2.38. The molecular weight excluding hydrogens is 176 g/mol. The van der Waals surface area contributed by atoms with Crippen LogP contribution < -0.4 is 0 Å². The number of benzene rings is 1. The Morgan fingerprint density at radius 3 is 2.79 bits per heavy atom. The van der Waals surface area contributed by atoms with Crippen LogP contribution in [0.2, 0.25) is 0 Å². The van der Waals surface area contributed by atoms with E-state index in [0.717, 1.165) is 19.4 Å². The summed E-state index contributed by atoms with van der Waals surface area (Å²) in [6.45, 7) is 2.92. The first kappa shape index (κ1) is 9.69. The first-order valence-electron chi connectivity index (χ1n) is 5.15. The summed E-state index contributed by atoms with van der Waals surface area (Å²) in [6, 6.07) is 10.3. The van der Waals surface area contributed by atoms with Gasteiger partial charge in [0.05, 0.1) is 12.7 Å². The second kappa shape index (κ2) is 4.58. The SMILES string of the molecule is C[C@H]1CCO[C@@H](Cc2ccccc2)O1. The molecule has 0 N–H and O–H groups in total. The lowest BCUT2D eigenvalue weighted by atomic mass is 10.1. The number of hydrogen-bond donors (Lipinski definition) is 0. The molecule has 1 aliphatic heterocycles. The third-order valence-electron chi connectivity index (χ3n) is 2.46. The van der Waals surface area contributed by atoms with Crippen LogP contribution in [-0.2, 0) is 15.9 Å². The standard InChI is InChI=1S/C12H16O2/c1-10-7-8-13-12(14-10)9-11-5-3-2-4-6-11/h2-6,10,12H,7-9H2,1H3/t10-,12+/m0/s1. The van der Waals surface area contributed by atoms with Gasteiger partial charge < -0.3 is 9.47 Å². The lowest BCUT2D eigenvalue weighted by molar-refractivity contribution is -0.206. The van der Waals surface area contributed by atoms with Crippen LogP contribution in [-0.4, -0.2) is 19.0 Å². The molecule has 1 aromatic carbocycles. The van der Waals surface area contributed by atoms with Gasteiger partial charge in [0.2, 0.25) is 0 Å². The molecule has 0 amide bonds. The van der Waals surface area contributed by atoms with Gasteiger partial charge in [-0.1, -0.05) is 30.3 Å². The summed E-state index contributed by atoms with van der Waals surface area (Å²) in [5.74, 6) is 0. The first-order valence-corrected chi connectivity index (χ1v) is 5.15. The quantitative estimate of drug-likeness (QED) is 0.716. The smallest absolute Gasteiger partial charge is 0.161 e. The number of rotatable bonds is 2. The Kier molecular flexibility index (Phi) is 3.17. The maximum Gasteiger partial charge on any atom is 0.161 e. The molecule has 1 fully saturated rings. The minimum atomic E-state index is -0.0545.